The van der Waals surface area contributed by atoms with Crippen molar-refractivity contribution < 1.29 is 13.2 Å². The maximum Gasteiger partial charge on any atom is 0.261 e. The molecule has 0 heterocycles. The molecule has 0 saturated carbocycles. The minimum absolute atomic E-state index is 0.103. The Morgan fingerprint density at radius 3 is 2.28 bits per heavy atom. The highest BCUT2D eigenvalue weighted by Crippen LogP contribution is 2.35. The van der Waals surface area contributed by atoms with Gasteiger partial charge in [0.2, 0.25) is 0 Å². The Kier molecular flexibility index (Phi) is 6.60. The van der Waals surface area contributed by atoms with E-state index in [0.717, 1.165) is 18.4 Å². The molecule has 1 N–H and O–H groups in total. The van der Waals surface area contributed by atoms with Crippen LogP contribution in [0.2, 0.25) is 10.0 Å². The summed E-state index contributed by atoms with van der Waals surface area (Å²) in [6.45, 7) is 5.78. The van der Waals surface area contributed by atoms with Crippen LogP contribution in [-0.2, 0) is 16.4 Å². The Labute approximate surface area is 159 Å². The van der Waals surface area contributed by atoms with E-state index in [1.165, 1.54) is 12.1 Å². The Hall–Kier alpha value is -1.43. The van der Waals surface area contributed by atoms with Crippen molar-refractivity contribution in [2.24, 2.45) is 0 Å². The number of benzene rings is 2. The van der Waals surface area contributed by atoms with Gasteiger partial charge in [-0.3, -0.25) is 4.72 Å². The van der Waals surface area contributed by atoms with Crippen LogP contribution in [0.15, 0.2) is 41.3 Å². The van der Waals surface area contributed by atoms with Crippen LogP contribution in [0.5, 0.6) is 5.75 Å². The Bertz CT molecular complexity index is 834. The summed E-state index contributed by atoms with van der Waals surface area (Å²) >= 11 is 12.2. The van der Waals surface area contributed by atoms with Crippen LogP contribution in [-0.4, -0.2) is 14.5 Å². The first-order valence-electron chi connectivity index (χ1n) is 8.00. The second-order valence-electron chi connectivity index (χ2n) is 5.93. The number of hydrogen-bond acceptors (Lipinski definition) is 3. The van der Waals surface area contributed by atoms with E-state index in [9.17, 15) is 8.42 Å². The first-order chi connectivity index (χ1) is 11.7. The normalized spacial score (nSPS) is 11.6. The number of aryl methyl sites for hydroxylation is 1. The third-order valence-electron chi connectivity index (χ3n) is 3.40. The van der Waals surface area contributed by atoms with Gasteiger partial charge < -0.3 is 4.74 Å². The fraction of sp³-hybridized carbons (Fsp3) is 0.333. The second-order valence-corrected chi connectivity index (χ2v) is 8.43. The highest BCUT2D eigenvalue weighted by molar-refractivity contribution is 7.92. The van der Waals surface area contributed by atoms with Gasteiger partial charge in [-0.15, -0.1) is 0 Å². The second kappa shape index (κ2) is 8.30. The van der Waals surface area contributed by atoms with E-state index >= 15 is 0 Å². The molecule has 0 spiro atoms. The molecular formula is C18H21Cl2NO3S. The quantitative estimate of drug-likeness (QED) is 0.662. The van der Waals surface area contributed by atoms with Crippen LogP contribution in [0.4, 0.5) is 5.69 Å². The molecule has 0 aliphatic carbocycles. The third kappa shape index (κ3) is 5.27. The fourth-order valence-corrected chi connectivity index (χ4v) is 3.88. The molecule has 7 heteroatoms. The van der Waals surface area contributed by atoms with Crippen molar-refractivity contribution in [2.75, 3.05) is 4.72 Å². The lowest BCUT2D eigenvalue weighted by atomic mass is 10.1. The van der Waals surface area contributed by atoms with Gasteiger partial charge in [0.15, 0.2) is 0 Å². The van der Waals surface area contributed by atoms with Gasteiger partial charge in [-0.05, 0) is 44.0 Å². The van der Waals surface area contributed by atoms with Crippen molar-refractivity contribution in [3.8, 4) is 5.75 Å². The molecule has 2 rings (SSSR count). The van der Waals surface area contributed by atoms with Crippen molar-refractivity contribution in [3.05, 3.63) is 52.0 Å². The molecule has 0 saturated heterocycles. The molecule has 2 aromatic carbocycles. The molecule has 0 unspecified atom stereocenters. The first kappa shape index (κ1) is 19.9. The molecule has 4 nitrogen and oxygen atoms in total. The maximum absolute atomic E-state index is 12.6. The van der Waals surface area contributed by atoms with Crippen molar-refractivity contribution >= 4 is 38.9 Å². The SMILES string of the molecule is CCCc1ccc(S(=O)(=O)Nc2cc(OC(C)C)c(Cl)cc2Cl)cc1. The van der Waals surface area contributed by atoms with Gasteiger partial charge >= 0.3 is 0 Å². The molecule has 2 aromatic rings. The largest absolute Gasteiger partial charge is 0.489 e. The predicted molar refractivity (Wildman–Crippen MR) is 103 cm³/mol. The summed E-state index contributed by atoms with van der Waals surface area (Å²) in [7, 11) is -3.76. The van der Waals surface area contributed by atoms with Crippen molar-refractivity contribution in [1.82, 2.24) is 0 Å². The Morgan fingerprint density at radius 1 is 1.08 bits per heavy atom. The minimum Gasteiger partial charge on any atom is -0.489 e. The number of nitrogens with one attached hydrogen (secondary N) is 1. The van der Waals surface area contributed by atoms with Gasteiger partial charge in [0.1, 0.15) is 5.75 Å². The molecule has 25 heavy (non-hydrogen) atoms. The summed E-state index contributed by atoms with van der Waals surface area (Å²) in [6, 6.07) is 9.76. The predicted octanol–water partition coefficient (Wildman–Crippen LogP) is 5.53. The van der Waals surface area contributed by atoms with E-state index in [-0.39, 0.29) is 21.7 Å². The zero-order chi connectivity index (χ0) is 18.6. The number of halogens is 2. The maximum atomic E-state index is 12.6. The highest BCUT2D eigenvalue weighted by Gasteiger charge is 2.18. The first-order valence-corrected chi connectivity index (χ1v) is 10.2. The Morgan fingerprint density at radius 2 is 1.72 bits per heavy atom. The van der Waals surface area contributed by atoms with E-state index in [1.54, 1.807) is 12.1 Å². The van der Waals surface area contributed by atoms with E-state index in [2.05, 4.69) is 11.6 Å². The molecule has 0 atom stereocenters. The van der Waals surface area contributed by atoms with Crippen LogP contribution in [0, 0.1) is 0 Å². The van der Waals surface area contributed by atoms with E-state index < -0.39 is 10.0 Å². The highest BCUT2D eigenvalue weighted by atomic mass is 35.5. The molecule has 0 bridgehead atoms. The van der Waals surface area contributed by atoms with Gasteiger partial charge in [-0.2, -0.15) is 0 Å². The number of ether oxygens (including phenoxy) is 1. The zero-order valence-corrected chi connectivity index (χ0v) is 16.7. The van der Waals surface area contributed by atoms with Crippen LogP contribution >= 0.6 is 23.2 Å². The lowest BCUT2D eigenvalue weighted by Crippen LogP contribution is -2.14. The molecule has 0 radical (unpaired) electrons. The van der Waals surface area contributed by atoms with Crippen LogP contribution in [0.3, 0.4) is 0 Å². The third-order valence-corrected chi connectivity index (χ3v) is 5.39. The fourth-order valence-electron chi connectivity index (χ4n) is 2.28. The van der Waals surface area contributed by atoms with Crippen molar-refractivity contribution in [3.63, 3.8) is 0 Å². The monoisotopic (exact) mass is 401 g/mol. The lowest BCUT2D eigenvalue weighted by Gasteiger charge is -2.15. The minimum atomic E-state index is -3.76. The van der Waals surface area contributed by atoms with Gasteiger partial charge in [-0.25, -0.2) is 8.42 Å². The van der Waals surface area contributed by atoms with E-state index in [1.807, 2.05) is 26.0 Å². The number of hydrogen-bond donors (Lipinski definition) is 1. The number of rotatable bonds is 7. The molecule has 0 amide bonds. The summed E-state index contributed by atoms with van der Waals surface area (Å²) in [5.74, 6) is 0.372. The van der Waals surface area contributed by atoms with Gasteiger partial charge in [0.05, 0.1) is 26.7 Å². The van der Waals surface area contributed by atoms with E-state index in [0.29, 0.717) is 10.8 Å². The number of anilines is 1. The summed E-state index contributed by atoms with van der Waals surface area (Å²) in [4.78, 5) is 0.171. The topological polar surface area (TPSA) is 55.4 Å². The summed E-state index contributed by atoms with van der Waals surface area (Å²) < 4.78 is 33.3. The van der Waals surface area contributed by atoms with Crippen LogP contribution in [0.1, 0.15) is 32.8 Å². The van der Waals surface area contributed by atoms with Crippen molar-refractivity contribution in [2.45, 2.75) is 44.6 Å². The number of sulfonamides is 1. The van der Waals surface area contributed by atoms with Crippen LogP contribution in [0.25, 0.3) is 0 Å². The summed E-state index contributed by atoms with van der Waals surface area (Å²) in [5.41, 5.74) is 1.32. The smallest absolute Gasteiger partial charge is 0.261 e. The molecule has 0 aliphatic heterocycles. The molecule has 136 valence electrons. The molecule has 0 aromatic heterocycles. The van der Waals surface area contributed by atoms with E-state index in [4.69, 9.17) is 27.9 Å². The average Bonchev–Trinajstić information content (AvgIpc) is 2.52. The van der Waals surface area contributed by atoms with Crippen LogP contribution < -0.4 is 9.46 Å². The summed E-state index contributed by atoms with van der Waals surface area (Å²) in [6.07, 6.45) is 1.81. The van der Waals surface area contributed by atoms with Gasteiger partial charge in [0, 0.05) is 6.07 Å². The molecule has 0 aliphatic rings. The molecule has 0 fully saturated rings. The van der Waals surface area contributed by atoms with Gasteiger partial charge in [0.25, 0.3) is 10.0 Å². The zero-order valence-electron chi connectivity index (χ0n) is 14.3. The standard InChI is InChI=1S/C18H21Cl2NO3S/c1-4-5-13-6-8-14(9-7-13)25(22,23)21-17-11-18(24-12(2)3)16(20)10-15(17)19/h6-12,21H,4-5H2,1-3H3. The lowest BCUT2D eigenvalue weighted by molar-refractivity contribution is 0.243. The Balaban J connectivity index is 2.30. The molecular weight excluding hydrogens is 381 g/mol. The van der Waals surface area contributed by atoms with Gasteiger partial charge in [-0.1, -0.05) is 48.7 Å². The average molecular weight is 402 g/mol. The summed E-state index contributed by atoms with van der Waals surface area (Å²) in [5, 5.41) is 0.526. The van der Waals surface area contributed by atoms with Crippen molar-refractivity contribution in [1.29, 1.82) is 0 Å².